The van der Waals surface area contributed by atoms with E-state index in [1.165, 1.54) is 6.20 Å². The molecule has 0 unspecified atom stereocenters. The van der Waals surface area contributed by atoms with E-state index in [2.05, 4.69) is 29.0 Å². The van der Waals surface area contributed by atoms with Crippen LogP contribution < -0.4 is 11.5 Å². The number of methoxy groups -OCH3 is 1. The Morgan fingerprint density at radius 3 is 2.73 bits per heavy atom. The number of fused-ring (bicyclic) bond motifs is 1. The highest BCUT2D eigenvalue weighted by Crippen LogP contribution is 2.26. The maximum atomic E-state index is 5.88. The molecule has 3 aromatic heterocycles. The highest BCUT2D eigenvalue weighted by molar-refractivity contribution is 6.09. The fourth-order valence-corrected chi connectivity index (χ4v) is 3.31. The summed E-state index contributed by atoms with van der Waals surface area (Å²) in [4.78, 5) is 9.28. The Hall–Kier alpha value is -3.04. The molecule has 1 atom stereocenters. The van der Waals surface area contributed by atoms with Crippen LogP contribution in [0.2, 0.25) is 0 Å². The van der Waals surface area contributed by atoms with E-state index < -0.39 is 0 Å². The van der Waals surface area contributed by atoms with Crippen LogP contribution >= 0.6 is 0 Å². The number of hydrogen-bond acceptors (Lipinski definition) is 7. The van der Waals surface area contributed by atoms with Crippen molar-refractivity contribution < 1.29 is 4.74 Å². The van der Waals surface area contributed by atoms with Crippen molar-refractivity contribution in [2.45, 2.75) is 38.8 Å². The molecule has 0 aliphatic carbocycles. The standard InChI is InChI=1S/C21H30N8O/c1-4-17(5-2)28-13-16(11-26-28)21-20-6-7-25-29(20)14-19(27-21)15(8-22)10-24-12-18(9-23)30-3/h6-8,10-11,13-14,17-18H,4-5,9,12,22-23H2,1-3H3/t18-/m0/s1. The number of hydrogen-bond donors (Lipinski definition) is 2. The largest absolute Gasteiger partial charge is 0.404 e. The van der Waals surface area contributed by atoms with Gasteiger partial charge in [0.1, 0.15) is 0 Å². The minimum atomic E-state index is -0.131. The van der Waals surface area contributed by atoms with E-state index >= 15 is 0 Å². The molecule has 0 fully saturated rings. The summed E-state index contributed by atoms with van der Waals surface area (Å²) in [5, 5.41) is 8.96. The Morgan fingerprint density at radius 2 is 2.07 bits per heavy atom. The maximum absolute atomic E-state index is 5.88. The smallest absolute Gasteiger partial charge is 0.0999 e. The molecule has 0 aromatic carbocycles. The molecule has 4 N–H and O–H groups in total. The number of nitrogens with two attached hydrogens (primary N) is 2. The molecule has 9 heteroatoms. The summed E-state index contributed by atoms with van der Waals surface area (Å²) in [6.45, 7) is 5.18. The molecule has 0 saturated carbocycles. The molecule has 0 amide bonds. The van der Waals surface area contributed by atoms with Gasteiger partial charge in [-0.15, -0.1) is 0 Å². The quantitative estimate of drug-likeness (QED) is 0.495. The second-order valence-electron chi connectivity index (χ2n) is 7.02. The summed E-state index contributed by atoms with van der Waals surface area (Å²) in [7, 11) is 1.62. The topological polar surface area (TPSA) is 122 Å². The van der Waals surface area contributed by atoms with Crippen molar-refractivity contribution in [3.8, 4) is 11.3 Å². The first-order chi connectivity index (χ1) is 14.6. The van der Waals surface area contributed by atoms with Gasteiger partial charge in [-0.3, -0.25) is 9.67 Å². The third-order valence-electron chi connectivity index (χ3n) is 5.19. The normalized spacial score (nSPS) is 13.7. The zero-order chi connectivity index (χ0) is 21.5. The van der Waals surface area contributed by atoms with E-state index in [9.17, 15) is 0 Å². The average Bonchev–Trinajstić information content (AvgIpc) is 3.44. The Labute approximate surface area is 176 Å². The minimum absolute atomic E-state index is 0.131. The van der Waals surface area contributed by atoms with Gasteiger partial charge in [0.15, 0.2) is 0 Å². The van der Waals surface area contributed by atoms with Crippen molar-refractivity contribution in [3.05, 3.63) is 42.7 Å². The Morgan fingerprint density at radius 1 is 1.27 bits per heavy atom. The van der Waals surface area contributed by atoms with E-state index in [1.54, 1.807) is 24.0 Å². The number of rotatable bonds is 10. The Kier molecular flexibility index (Phi) is 7.31. The molecular formula is C21H30N8O. The highest BCUT2D eigenvalue weighted by Gasteiger charge is 2.15. The summed E-state index contributed by atoms with van der Waals surface area (Å²) in [5.41, 5.74) is 15.5. The second-order valence-corrected chi connectivity index (χ2v) is 7.02. The van der Waals surface area contributed by atoms with Crippen LogP contribution in [0.5, 0.6) is 0 Å². The lowest BCUT2D eigenvalue weighted by molar-refractivity contribution is 0.117. The van der Waals surface area contributed by atoms with Crippen LogP contribution in [0.15, 0.2) is 42.0 Å². The zero-order valence-electron chi connectivity index (χ0n) is 17.8. The van der Waals surface area contributed by atoms with Crippen molar-refractivity contribution in [2.24, 2.45) is 16.5 Å². The fraction of sp³-hybridized carbons (Fsp3) is 0.429. The molecule has 3 heterocycles. The van der Waals surface area contributed by atoms with Crippen molar-refractivity contribution >= 4 is 17.3 Å². The van der Waals surface area contributed by atoms with Gasteiger partial charge < -0.3 is 16.2 Å². The number of aliphatic imine (C=N–C) groups is 1. The van der Waals surface area contributed by atoms with E-state index in [-0.39, 0.29) is 6.10 Å². The van der Waals surface area contributed by atoms with Crippen LogP contribution in [0.4, 0.5) is 0 Å². The third kappa shape index (κ3) is 4.58. The van der Waals surface area contributed by atoms with Crippen LogP contribution in [0.1, 0.15) is 38.4 Å². The first-order valence-corrected chi connectivity index (χ1v) is 10.2. The van der Waals surface area contributed by atoms with Gasteiger partial charge >= 0.3 is 0 Å². The molecule has 0 aliphatic heterocycles. The lowest BCUT2D eigenvalue weighted by Gasteiger charge is -2.12. The average molecular weight is 411 g/mol. The van der Waals surface area contributed by atoms with E-state index in [0.717, 1.165) is 29.6 Å². The van der Waals surface area contributed by atoms with Gasteiger partial charge in [-0.05, 0) is 18.9 Å². The molecule has 0 spiro atoms. The van der Waals surface area contributed by atoms with E-state index in [4.69, 9.17) is 21.2 Å². The highest BCUT2D eigenvalue weighted by atomic mass is 16.5. The van der Waals surface area contributed by atoms with Gasteiger partial charge in [0.25, 0.3) is 0 Å². The van der Waals surface area contributed by atoms with Crippen LogP contribution in [0, 0.1) is 0 Å². The van der Waals surface area contributed by atoms with Gasteiger partial charge in [-0.2, -0.15) is 10.2 Å². The lowest BCUT2D eigenvalue weighted by atomic mass is 10.1. The van der Waals surface area contributed by atoms with Crippen molar-refractivity contribution in [3.63, 3.8) is 0 Å². The fourth-order valence-electron chi connectivity index (χ4n) is 3.31. The predicted molar refractivity (Wildman–Crippen MR) is 119 cm³/mol. The van der Waals surface area contributed by atoms with E-state index in [0.29, 0.717) is 30.4 Å². The Bertz CT molecular complexity index is 1010. The number of ether oxygens (including phenoxy) is 1. The molecule has 0 aliphatic rings. The number of aromatic nitrogens is 5. The second kappa shape index (κ2) is 10.1. The number of allylic oxidation sites excluding steroid dienone is 1. The molecule has 3 rings (SSSR count). The number of nitrogens with zero attached hydrogens (tertiary/aromatic N) is 6. The van der Waals surface area contributed by atoms with Crippen LogP contribution in [-0.4, -0.2) is 56.9 Å². The van der Waals surface area contributed by atoms with Crippen LogP contribution in [-0.2, 0) is 4.74 Å². The third-order valence-corrected chi connectivity index (χ3v) is 5.19. The summed E-state index contributed by atoms with van der Waals surface area (Å²) >= 11 is 0. The SMILES string of the molecule is CCC(CC)n1cc(-c2nc(C(C=NC[C@H](CN)OC)=CN)cn3nccc23)cn1. The molecular weight excluding hydrogens is 380 g/mol. The first kappa shape index (κ1) is 21.7. The lowest BCUT2D eigenvalue weighted by Crippen LogP contribution is -2.25. The first-order valence-electron chi connectivity index (χ1n) is 10.2. The van der Waals surface area contributed by atoms with Gasteiger partial charge in [0.2, 0.25) is 0 Å². The molecule has 0 radical (unpaired) electrons. The summed E-state index contributed by atoms with van der Waals surface area (Å²) in [6, 6.07) is 2.30. The molecule has 9 nitrogen and oxygen atoms in total. The maximum Gasteiger partial charge on any atom is 0.0999 e. The van der Waals surface area contributed by atoms with Gasteiger partial charge in [-0.25, -0.2) is 9.50 Å². The van der Waals surface area contributed by atoms with Gasteiger partial charge in [0, 0.05) is 43.4 Å². The molecule has 0 bridgehead atoms. The van der Waals surface area contributed by atoms with Gasteiger partial charge in [-0.1, -0.05) is 13.8 Å². The Balaban J connectivity index is 1.97. The monoisotopic (exact) mass is 410 g/mol. The molecule has 30 heavy (non-hydrogen) atoms. The van der Waals surface area contributed by atoms with Gasteiger partial charge in [0.05, 0.1) is 54.2 Å². The van der Waals surface area contributed by atoms with Crippen molar-refractivity contribution in [1.29, 1.82) is 0 Å². The molecule has 3 aromatic rings. The summed E-state index contributed by atoms with van der Waals surface area (Å²) in [6.07, 6.45) is 12.6. The molecule has 160 valence electrons. The molecule has 0 saturated heterocycles. The predicted octanol–water partition coefficient (Wildman–Crippen LogP) is 2.30. The minimum Gasteiger partial charge on any atom is -0.404 e. The van der Waals surface area contributed by atoms with Crippen molar-refractivity contribution in [1.82, 2.24) is 24.4 Å². The van der Waals surface area contributed by atoms with E-state index in [1.807, 2.05) is 29.3 Å². The summed E-state index contributed by atoms with van der Waals surface area (Å²) in [5.74, 6) is 0. The zero-order valence-corrected chi connectivity index (χ0v) is 17.8. The summed E-state index contributed by atoms with van der Waals surface area (Å²) < 4.78 is 9.06. The van der Waals surface area contributed by atoms with Crippen LogP contribution in [0.3, 0.4) is 0 Å². The van der Waals surface area contributed by atoms with Crippen LogP contribution in [0.25, 0.3) is 22.3 Å². The van der Waals surface area contributed by atoms with Crippen molar-refractivity contribution in [2.75, 3.05) is 20.2 Å².